The zero-order chi connectivity index (χ0) is 14.5. The van der Waals surface area contributed by atoms with Crippen LogP contribution in [0.1, 0.15) is 59.3 Å². The van der Waals surface area contributed by atoms with E-state index in [0.29, 0.717) is 6.42 Å². The number of carboxylic acid groups (broad SMARTS) is 1. The zero-order valence-corrected chi connectivity index (χ0v) is 12.2. The summed E-state index contributed by atoms with van der Waals surface area (Å²) in [6.07, 6.45) is 5.21. The smallest absolute Gasteiger partial charge is 0.326 e. The first-order valence-corrected chi connectivity index (χ1v) is 7.14. The number of carbonyl (C=O) groups excluding carboxylic acids is 1. The number of rotatable bonds is 6. The first-order chi connectivity index (χ1) is 8.84. The van der Waals surface area contributed by atoms with E-state index >= 15 is 0 Å². The Morgan fingerprint density at radius 1 is 1.42 bits per heavy atom. The third-order valence-corrected chi connectivity index (χ3v) is 3.75. The molecule has 0 spiro atoms. The van der Waals surface area contributed by atoms with Gasteiger partial charge in [-0.1, -0.05) is 33.6 Å². The lowest BCUT2D eigenvalue weighted by atomic mass is 9.92. The van der Waals surface area contributed by atoms with E-state index in [2.05, 4.69) is 24.5 Å². The minimum atomic E-state index is -0.963. The highest BCUT2D eigenvalue weighted by Gasteiger charge is 2.32. The molecule has 110 valence electrons. The average molecular weight is 270 g/mol. The Bertz CT molecular complexity index is 329. The summed E-state index contributed by atoms with van der Waals surface area (Å²) in [5, 5.41) is 14.5. The van der Waals surface area contributed by atoms with Crippen molar-refractivity contribution in [2.24, 2.45) is 5.41 Å². The van der Waals surface area contributed by atoms with Gasteiger partial charge in [0, 0.05) is 6.04 Å². The van der Waals surface area contributed by atoms with Gasteiger partial charge < -0.3 is 15.7 Å². The molecule has 0 aromatic carbocycles. The molecule has 1 saturated carbocycles. The number of aliphatic carboxylic acids is 1. The van der Waals surface area contributed by atoms with Crippen molar-refractivity contribution in [1.82, 2.24) is 10.6 Å². The maximum Gasteiger partial charge on any atom is 0.326 e. The second kappa shape index (κ2) is 6.78. The Hall–Kier alpha value is -1.26. The molecule has 5 heteroatoms. The fourth-order valence-electron chi connectivity index (χ4n) is 2.61. The van der Waals surface area contributed by atoms with E-state index < -0.39 is 12.0 Å². The van der Waals surface area contributed by atoms with Crippen molar-refractivity contribution in [2.45, 2.75) is 71.4 Å². The fourth-order valence-corrected chi connectivity index (χ4v) is 2.61. The number of hydrogen-bond acceptors (Lipinski definition) is 2. The molecule has 0 aliphatic heterocycles. The highest BCUT2D eigenvalue weighted by Crippen LogP contribution is 2.36. The number of carbonyl (C=O) groups is 2. The van der Waals surface area contributed by atoms with E-state index in [1.807, 2.05) is 6.92 Å². The lowest BCUT2D eigenvalue weighted by molar-refractivity contribution is -0.139. The number of unbranched alkanes of at least 4 members (excludes halogenated alkanes) is 1. The molecule has 2 amide bonds. The minimum Gasteiger partial charge on any atom is -0.480 e. The predicted octanol–water partition coefficient (Wildman–Crippen LogP) is 2.51. The zero-order valence-electron chi connectivity index (χ0n) is 12.2. The SMILES string of the molecule is CCCCC(NC(=O)NC1CCC(C)(C)C1)C(=O)O. The van der Waals surface area contributed by atoms with E-state index in [1.165, 1.54) is 0 Å². The van der Waals surface area contributed by atoms with E-state index in [1.54, 1.807) is 0 Å². The van der Waals surface area contributed by atoms with Crippen LogP contribution in [0.25, 0.3) is 0 Å². The van der Waals surface area contributed by atoms with Gasteiger partial charge >= 0.3 is 12.0 Å². The second-order valence-electron chi connectivity index (χ2n) is 6.25. The Morgan fingerprint density at radius 2 is 2.11 bits per heavy atom. The van der Waals surface area contributed by atoms with Crippen LogP contribution < -0.4 is 10.6 Å². The van der Waals surface area contributed by atoms with Crippen LogP contribution in [0.3, 0.4) is 0 Å². The van der Waals surface area contributed by atoms with Crippen molar-refractivity contribution in [1.29, 1.82) is 0 Å². The Labute approximate surface area is 115 Å². The van der Waals surface area contributed by atoms with Gasteiger partial charge in [0.15, 0.2) is 0 Å². The molecule has 5 nitrogen and oxygen atoms in total. The van der Waals surface area contributed by atoms with Crippen LogP contribution >= 0.6 is 0 Å². The van der Waals surface area contributed by atoms with Crippen molar-refractivity contribution < 1.29 is 14.7 Å². The topological polar surface area (TPSA) is 78.4 Å². The predicted molar refractivity (Wildman–Crippen MR) is 74.0 cm³/mol. The maximum absolute atomic E-state index is 11.8. The van der Waals surface area contributed by atoms with Crippen molar-refractivity contribution in [3.63, 3.8) is 0 Å². The Kier molecular flexibility index (Phi) is 5.63. The second-order valence-corrected chi connectivity index (χ2v) is 6.25. The molecule has 1 fully saturated rings. The monoisotopic (exact) mass is 270 g/mol. The Balaban J connectivity index is 2.38. The molecular formula is C14H26N2O3. The average Bonchev–Trinajstić information content (AvgIpc) is 2.63. The fraction of sp³-hybridized carbons (Fsp3) is 0.857. The van der Waals surface area contributed by atoms with Crippen LogP contribution in [0, 0.1) is 5.41 Å². The summed E-state index contributed by atoms with van der Waals surface area (Å²) in [6, 6.07) is -0.976. The molecule has 1 rings (SSSR count). The van der Waals surface area contributed by atoms with Crippen molar-refractivity contribution in [3.05, 3.63) is 0 Å². The van der Waals surface area contributed by atoms with Gasteiger partial charge in [-0.25, -0.2) is 9.59 Å². The molecule has 3 N–H and O–H groups in total. The molecule has 0 aromatic heterocycles. The molecule has 2 unspecified atom stereocenters. The van der Waals surface area contributed by atoms with E-state index in [0.717, 1.165) is 32.1 Å². The van der Waals surface area contributed by atoms with Crippen LogP contribution in [-0.4, -0.2) is 29.2 Å². The molecule has 0 aromatic rings. The molecule has 0 bridgehead atoms. The van der Waals surface area contributed by atoms with Crippen molar-refractivity contribution in [3.8, 4) is 0 Å². The van der Waals surface area contributed by atoms with Crippen LogP contribution in [0.5, 0.6) is 0 Å². The van der Waals surface area contributed by atoms with Gasteiger partial charge in [-0.05, 0) is 31.1 Å². The summed E-state index contributed by atoms with van der Waals surface area (Å²) in [5.74, 6) is -0.963. The van der Waals surface area contributed by atoms with Gasteiger partial charge in [0.2, 0.25) is 0 Å². The first-order valence-electron chi connectivity index (χ1n) is 7.14. The van der Waals surface area contributed by atoms with Crippen molar-refractivity contribution in [2.75, 3.05) is 0 Å². The normalized spacial score (nSPS) is 22.8. The summed E-state index contributed by atoms with van der Waals surface area (Å²) in [5.41, 5.74) is 0.270. The molecule has 19 heavy (non-hydrogen) atoms. The van der Waals surface area contributed by atoms with Crippen LogP contribution in [0.2, 0.25) is 0 Å². The van der Waals surface area contributed by atoms with Gasteiger partial charge in [0.1, 0.15) is 6.04 Å². The van der Waals surface area contributed by atoms with E-state index in [4.69, 9.17) is 5.11 Å². The highest BCUT2D eigenvalue weighted by atomic mass is 16.4. The number of amides is 2. The summed E-state index contributed by atoms with van der Waals surface area (Å²) >= 11 is 0. The molecule has 0 radical (unpaired) electrons. The van der Waals surface area contributed by atoms with Gasteiger partial charge in [0.05, 0.1) is 0 Å². The number of urea groups is 1. The van der Waals surface area contributed by atoms with Crippen LogP contribution in [-0.2, 0) is 4.79 Å². The summed E-state index contributed by atoms with van der Waals surface area (Å²) in [6.45, 7) is 6.38. The summed E-state index contributed by atoms with van der Waals surface area (Å²) < 4.78 is 0. The van der Waals surface area contributed by atoms with Gasteiger partial charge in [-0.2, -0.15) is 0 Å². The van der Waals surface area contributed by atoms with E-state index in [-0.39, 0.29) is 17.5 Å². The summed E-state index contributed by atoms with van der Waals surface area (Å²) in [7, 11) is 0. The standard InChI is InChI=1S/C14H26N2O3/c1-4-5-6-11(12(17)18)16-13(19)15-10-7-8-14(2,3)9-10/h10-11H,4-9H2,1-3H3,(H,17,18)(H2,15,16,19). The third kappa shape index (κ3) is 5.49. The molecule has 1 aliphatic rings. The third-order valence-electron chi connectivity index (χ3n) is 3.75. The molecule has 0 heterocycles. The maximum atomic E-state index is 11.8. The molecular weight excluding hydrogens is 244 g/mol. The lowest BCUT2D eigenvalue weighted by Crippen LogP contribution is -2.48. The largest absolute Gasteiger partial charge is 0.480 e. The molecule has 0 saturated heterocycles. The Morgan fingerprint density at radius 3 is 2.58 bits per heavy atom. The van der Waals surface area contributed by atoms with Crippen LogP contribution in [0.4, 0.5) is 4.79 Å². The quantitative estimate of drug-likeness (QED) is 0.694. The summed E-state index contributed by atoms with van der Waals surface area (Å²) in [4.78, 5) is 22.8. The van der Waals surface area contributed by atoms with Gasteiger partial charge in [-0.15, -0.1) is 0 Å². The lowest BCUT2D eigenvalue weighted by Gasteiger charge is -2.20. The highest BCUT2D eigenvalue weighted by molar-refractivity contribution is 5.82. The van der Waals surface area contributed by atoms with E-state index in [9.17, 15) is 9.59 Å². The van der Waals surface area contributed by atoms with Crippen LogP contribution in [0.15, 0.2) is 0 Å². The minimum absolute atomic E-state index is 0.163. The molecule has 2 atom stereocenters. The van der Waals surface area contributed by atoms with Gasteiger partial charge in [0.25, 0.3) is 0 Å². The van der Waals surface area contributed by atoms with Crippen molar-refractivity contribution >= 4 is 12.0 Å². The molecule has 1 aliphatic carbocycles. The number of carboxylic acids is 1. The van der Waals surface area contributed by atoms with Gasteiger partial charge in [-0.3, -0.25) is 0 Å². The first kappa shape index (κ1) is 15.8. The number of nitrogens with one attached hydrogen (secondary N) is 2. The number of hydrogen-bond donors (Lipinski definition) is 3.